The van der Waals surface area contributed by atoms with Gasteiger partial charge < -0.3 is 24.8 Å². The number of methoxy groups -OCH3 is 1. The molecule has 1 heterocycles. The van der Waals surface area contributed by atoms with Gasteiger partial charge in [-0.05, 0) is 29.8 Å². The molecule has 0 unspecified atom stereocenters. The van der Waals surface area contributed by atoms with Crippen LogP contribution in [-0.2, 0) is 16.1 Å². The molecule has 152 valence electrons. The highest BCUT2D eigenvalue weighted by molar-refractivity contribution is 7.99. The molecule has 3 aromatic rings. The fourth-order valence-electron chi connectivity index (χ4n) is 2.65. The van der Waals surface area contributed by atoms with Gasteiger partial charge >= 0.3 is 5.97 Å². The summed E-state index contributed by atoms with van der Waals surface area (Å²) in [6, 6.07) is 16.6. The van der Waals surface area contributed by atoms with Crippen molar-refractivity contribution >= 4 is 17.7 Å². The van der Waals surface area contributed by atoms with Crippen LogP contribution in [0.2, 0.25) is 0 Å². The minimum absolute atomic E-state index is 0.120. The van der Waals surface area contributed by atoms with Gasteiger partial charge in [0.15, 0.2) is 5.75 Å². The average Bonchev–Trinajstić information content (AvgIpc) is 2.93. The van der Waals surface area contributed by atoms with E-state index in [1.165, 1.54) is 11.7 Å². The lowest BCUT2D eigenvalue weighted by molar-refractivity contribution is -0.140. The summed E-state index contributed by atoms with van der Waals surface area (Å²) < 4.78 is 11.5. The maximum atomic E-state index is 11.2. The van der Waals surface area contributed by atoms with Gasteiger partial charge in [-0.3, -0.25) is 9.36 Å². The SMILES string of the molecule is COC(=O)CCSc1c(O)c(O)n(Cc2ccc(Oc3ccccc3)cc2)c1O. The Balaban J connectivity index is 1.69. The number of hydrogen-bond acceptors (Lipinski definition) is 7. The van der Waals surface area contributed by atoms with E-state index >= 15 is 0 Å². The lowest BCUT2D eigenvalue weighted by Crippen LogP contribution is -2.01. The van der Waals surface area contributed by atoms with Gasteiger partial charge in [0, 0.05) is 5.75 Å². The minimum Gasteiger partial charge on any atom is -0.502 e. The van der Waals surface area contributed by atoms with Crippen LogP contribution in [-0.4, -0.2) is 38.7 Å². The van der Waals surface area contributed by atoms with E-state index < -0.39 is 17.6 Å². The molecular weight excluding hydrogens is 394 g/mol. The van der Waals surface area contributed by atoms with E-state index in [1.807, 2.05) is 30.3 Å². The average molecular weight is 415 g/mol. The highest BCUT2D eigenvalue weighted by Gasteiger charge is 2.23. The number of benzene rings is 2. The van der Waals surface area contributed by atoms with Crippen molar-refractivity contribution in [2.75, 3.05) is 12.9 Å². The second-order valence-corrected chi connectivity index (χ2v) is 7.25. The number of nitrogens with zero attached hydrogens (tertiary/aromatic N) is 1. The van der Waals surface area contributed by atoms with Crippen molar-refractivity contribution < 1.29 is 29.6 Å². The molecule has 1 aromatic heterocycles. The third-order valence-electron chi connectivity index (χ3n) is 4.16. The van der Waals surface area contributed by atoms with Crippen LogP contribution in [0, 0.1) is 0 Å². The first-order valence-electron chi connectivity index (χ1n) is 8.84. The first-order valence-corrected chi connectivity index (χ1v) is 9.83. The van der Waals surface area contributed by atoms with E-state index in [-0.39, 0.29) is 23.7 Å². The summed E-state index contributed by atoms with van der Waals surface area (Å²) in [6.07, 6.45) is 0.120. The molecule has 29 heavy (non-hydrogen) atoms. The van der Waals surface area contributed by atoms with E-state index in [2.05, 4.69) is 4.74 Å². The Morgan fingerprint density at radius 3 is 2.28 bits per heavy atom. The number of aromatic hydroxyl groups is 3. The van der Waals surface area contributed by atoms with Crippen molar-refractivity contribution in [3.8, 4) is 29.0 Å². The zero-order valence-corrected chi connectivity index (χ0v) is 16.6. The summed E-state index contributed by atoms with van der Waals surface area (Å²) >= 11 is 1.06. The fraction of sp³-hybridized carbons (Fsp3) is 0.190. The van der Waals surface area contributed by atoms with Crippen LogP contribution in [0.5, 0.6) is 29.0 Å². The van der Waals surface area contributed by atoms with Gasteiger partial charge in [0.2, 0.25) is 11.8 Å². The standard InChI is InChI=1S/C21H21NO6S/c1-27-17(23)11-12-29-19-18(24)20(25)22(21(19)26)13-14-7-9-16(10-8-14)28-15-5-3-2-4-6-15/h2-10,24-26H,11-13H2,1H3. The monoisotopic (exact) mass is 415 g/mol. The van der Waals surface area contributed by atoms with Gasteiger partial charge in [0.1, 0.15) is 16.4 Å². The summed E-state index contributed by atoms with van der Waals surface area (Å²) in [4.78, 5) is 11.3. The summed E-state index contributed by atoms with van der Waals surface area (Å²) in [5, 5.41) is 30.7. The van der Waals surface area contributed by atoms with Crippen molar-refractivity contribution in [3.63, 3.8) is 0 Å². The summed E-state index contributed by atoms with van der Waals surface area (Å²) in [5.41, 5.74) is 0.789. The van der Waals surface area contributed by atoms with Crippen LogP contribution < -0.4 is 4.74 Å². The first-order chi connectivity index (χ1) is 14.0. The maximum absolute atomic E-state index is 11.2. The highest BCUT2D eigenvalue weighted by atomic mass is 32.2. The third-order valence-corrected chi connectivity index (χ3v) is 5.24. The number of hydrogen-bond donors (Lipinski definition) is 3. The van der Waals surface area contributed by atoms with Gasteiger partial charge in [-0.2, -0.15) is 0 Å². The Morgan fingerprint density at radius 1 is 0.966 bits per heavy atom. The molecule has 0 aliphatic carbocycles. The van der Waals surface area contributed by atoms with Crippen LogP contribution in [0.15, 0.2) is 59.5 Å². The molecule has 0 spiro atoms. The van der Waals surface area contributed by atoms with Gasteiger partial charge in [-0.15, -0.1) is 11.8 Å². The molecule has 0 aliphatic heterocycles. The quantitative estimate of drug-likeness (QED) is 0.376. The van der Waals surface area contributed by atoms with E-state index in [0.29, 0.717) is 11.5 Å². The highest BCUT2D eigenvalue weighted by Crippen LogP contribution is 2.46. The number of thioether (sulfide) groups is 1. The van der Waals surface area contributed by atoms with Crippen molar-refractivity contribution in [1.82, 2.24) is 4.57 Å². The number of ether oxygens (including phenoxy) is 2. The molecule has 7 nitrogen and oxygen atoms in total. The van der Waals surface area contributed by atoms with Crippen LogP contribution in [0.3, 0.4) is 0 Å². The summed E-state index contributed by atoms with van der Waals surface area (Å²) in [7, 11) is 1.29. The molecule has 0 aliphatic rings. The minimum atomic E-state index is -0.437. The number of para-hydroxylation sites is 1. The van der Waals surface area contributed by atoms with Crippen LogP contribution in [0.4, 0.5) is 0 Å². The second-order valence-electron chi connectivity index (χ2n) is 6.14. The molecule has 3 rings (SSSR count). The van der Waals surface area contributed by atoms with E-state index in [4.69, 9.17) is 4.74 Å². The molecule has 0 bridgehead atoms. The Kier molecular flexibility index (Phi) is 6.56. The number of carbonyl (C=O) groups is 1. The predicted octanol–water partition coefficient (Wildman–Crippen LogP) is 4.10. The zero-order chi connectivity index (χ0) is 20.8. The van der Waals surface area contributed by atoms with Crippen molar-refractivity contribution in [2.45, 2.75) is 17.9 Å². The molecule has 0 saturated heterocycles. The van der Waals surface area contributed by atoms with Gasteiger partial charge in [0.25, 0.3) is 0 Å². The van der Waals surface area contributed by atoms with Crippen molar-refractivity contribution in [1.29, 1.82) is 0 Å². The summed E-state index contributed by atoms with van der Waals surface area (Å²) in [6.45, 7) is 0.147. The first kappa shape index (κ1) is 20.5. The van der Waals surface area contributed by atoms with Gasteiger partial charge in [0.05, 0.1) is 20.1 Å². The Bertz CT molecular complexity index is 969. The normalized spacial score (nSPS) is 10.7. The zero-order valence-electron chi connectivity index (χ0n) is 15.7. The van der Waals surface area contributed by atoms with Crippen LogP contribution in [0.1, 0.15) is 12.0 Å². The Morgan fingerprint density at radius 2 is 1.62 bits per heavy atom. The largest absolute Gasteiger partial charge is 0.502 e. The number of esters is 1. The molecule has 0 amide bonds. The molecular formula is C21H21NO6S. The predicted molar refractivity (Wildman–Crippen MR) is 109 cm³/mol. The van der Waals surface area contributed by atoms with E-state index in [0.717, 1.165) is 23.1 Å². The van der Waals surface area contributed by atoms with E-state index in [9.17, 15) is 20.1 Å². The summed E-state index contributed by atoms with van der Waals surface area (Å²) in [5.74, 6) is 0.164. The maximum Gasteiger partial charge on any atom is 0.306 e. The third kappa shape index (κ3) is 4.97. The van der Waals surface area contributed by atoms with Crippen LogP contribution in [0.25, 0.3) is 0 Å². The Hall–Kier alpha value is -3.26. The molecule has 0 radical (unpaired) electrons. The van der Waals surface area contributed by atoms with Crippen molar-refractivity contribution in [3.05, 3.63) is 60.2 Å². The molecule has 0 atom stereocenters. The lowest BCUT2D eigenvalue weighted by Gasteiger charge is -2.09. The van der Waals surface area contributed by atoms with E-state index in [1.54, 1.807) is 24.3 Å². The molecule has 0 saturated carbocycles. The molecule has 2 aromatic carbocycles. The van der Waals surface area contributed by atoms with Crippen molar-refractivity contribution in [2.24, 2.45) is 0 Å². The molecule has 3 N–H and O–H groups in total. The van der Waals surface area contributed by atoms with Gasteiger partial charge in [-0.25, -0.2) is 0 Å². The topological polar surface area (TPSA) is 101 Å². The fourth-order valence-corrected chi connectivity index (χ4v) is 3.59. The molecule has 0 fully saturated rings. The molecule has 8 heteroatoms. The number of carbonyl (C=O) groups excluding carboxylic acids is 1. The lowest BCUT2D eigenvalue weighted by atomic mass is 10.2. The van der Waals surface area contributed by atoms with Gasteiger partial charge in [-0.1, -0.05) is 30.3 Å². The smallest absolute Gasteiger partial charge is 0.306 e. The van der Waals surface area contributed by atoms with Crippen LogP contribution >= 0.6 is 11.8 Å². The second kappa shape index (κ2) is 9.29. The number of aromatic nitrogens is 1. The number of rotatable bonds is 8. The Labute approximate surface area is 172 Å².